The van der Waals surface area contributed by atoms with Gasteiger partial charge in [0.25, 0.3) is 5.56 Å². The first-order valence-electron chi connectivity index (χ1n) is 12.6. The monoisotopic (exact) mass is 517 g/mol. The molecule has 1 fully saturated rings. The van der Waals surface area contributed by atoms with Crippen molar-refractivity contribution >= 4 is 29.1 Å². The van der Waals surface area contributed by atoms with Crippen LogP contribution in [0.4, 0.5) is 5.69 Å². The standard InChI is InChI=1S/C29H31N3O4S/c1-5-36-28(34)25-19(3)30-29-32(26(25)21-9-8-10-23(16-21)35-4)27(33)24(37-29)17-20-11-12-22(15-18(20)2)31-13-6-7-14-31/h8-12,15-17,26H,5-7,13-14H2,1-4H3/b24-17+/t26-/m1/s1. The van der Waals surface area contributed by atoms with Crippen LogP contribution in [0.15, 0.2) is 63.5 Å². The van der Waals surface area contributed by atoms with Crippen LogP contribution in [0.3, 0.4) is 0 Å². The molecule has 0 spiro atoms. The van der Waals surface area contributed by atoms with Crippen LogP contribution in [0.25, 0.3) is 6.08 Å². The number of rotatable bonds is 6. The Kier molecular flexibility index (Phi) is 7.02. The van der Waals surface area contributed by atoms with Crippen molar-refractivity contribution < 1.29 is 14.3 Å². The van der Waals surface area contributed by atoms with E-state index in [2.05, 4.69) is 35.0 Å². The van der Waals surface area contributed by atoms with Gasteiger partial charge in [0, 0.05) is 18.8 Å². The third kappa shape index (κ3) is 4.73. The highest BCUT2D eigenvalue weighted by Gasteiger charge is 2.33. The summed E-state index contributed by atoms with van der Waals surface area (Å²) in [5, 5.41) is 0. The number of methoxy groups -OCH3 is 1. The van der Waals surface area contributed by atoms with E-state index in [0.717, 1.165) is 29.8 Å². The minimum atomic E-state index is -0.661. The van der Waals surface area contributed by atoms with Crippen LogP contribution in [0.5, 0.6) is 5.75 Å². The molecule has 1 aromatic heterocycles. The van der Waals surface area contributed by atoms with E-state index in [9.17, 15) is 9.59 Å². The summed E-state index contributed by atoms with van der Waals surface area (Å²) in [4.78, 5) is 34.5. The number of esters is 1. The van der Waals surface area contributed by atoms with Crippen molar-refractivity contribution in [1.82, 2.24) is 4.57 Å². The molecule has 0 unspecified atom stereocenters. The first kappa shape index (κ1) is 25.0. The van der Waals surface area contributed by atoms with Crippen LogP contribution in [0.1, 0.15) is 49.4 Å². The van der Waals surface area contributed by atoms with Gasteiger partial charge in [-0.05, 0) is 80.6 Å². The van der Waals surface area contributed by atoms with Gasteiger partial charge in [0.1, 0.15) is 5.75 Å². The average Bonchev–Trinajstić information content (AvgIpc) is 3.53. The molecule has 2 aliphatic rings. The maximum absolute atomic E-state index is 13.8. The van der Waals surface area contributed by atoms with Crippen molar-refractivity contribution in [2.75, 3.05) is 31.7 Å². The topological polar surface area (TPSA) is 73.1 Å². The zero-order chi connectivity index (χ0) is 26.1. The van der Waals surface area contributed by atoms with Gasteiger partial charge in [-0.25, -0.2) is 9.79 Å². The van der Waals surface area contributed by atoms with Crippen molar-refractivity contribution in [3.63, 3.8) is 0 Å². The summed E-state index contributed by atoms with van der Waals surface area (Å²) in [6, 6.07) is 13.2. The zero-order valence-electron chi connectivity index (χ0n) is 21.6. The molecule has 1 saturated heterocycles. The van der Waals surface area contributed by atoms with Crippen molar-refractivity contribution in [1.29, 1.82) is 0 Å². The fourth-order valence-electron chi connectivity index (χ4n) is 5.05. The number of hydrogen-bond acceptors (Lipinski definition) is 7. The van der Waals surface area contributed by atoms with Crippen molar-refractivity contribution in [2.24, 2.45) is 4.99 Å². The molecule has 3 aromatic rings. The van der Waals surface area contributed by atoms with Crippen molar-refractivity contribution in [2.45, 2.75) is 39.7 Å². The fraction of sp³-hybridized carbons (Fsp3) is 0.345. The van der Waals surface area contributed by atoms with E-state index < -0.39 is 12.0 Å². The minimum Gasteiger partial charge on any atom is -0.497 e. The van der Waals surface area contributed by atoms with E-state index in [1.54, 1.807) is 25.5 Å². The molecule has 0 saturated carbocycles. The predicted octanol–water partition coefficient (Wildman–Crippen LogP) is 3.72. The Balaban J connectivity index is 1.64. The number of anilines is 1. The Hall–Kier alpha value is -3.65. The first-order chi connectivity index (χ1) is 17.9. The number of carbonyl (C=O) groups is 1. The van der Waals surface area contributed by atoms with Gasteiger partial charge in [-0.1, -0.05) is 29.5 Å². The summed E-state index contributed by atoms with van der Waals surface area (Å²) in [6.07, 6.45) is 4.38. The molecule has 0 N–H and O–H groups in total. The lowest BCUT2D eigenvalue weighted by molar-refractivity contribution is -0.139. The second-order valence-corrected chi connectivity index (χ2v) is 10.3. The molecule has 7 nitrogen and oxygen atoms in total. The largest absolute Gasteiger partial charge is 0.497 e. The molecule has 0 aliphatic carbocycles. The van der Waals surface area contributed by atoms with E-state index in [-0.39, 0.29) is 12.2 Å². The van der Waals surface area contributed by atoms with Gasteiger partial charge in [-0.3, -0.25) is 9.36 Å². The highest BCUT2D eigenvalue weighted by atomic mass is 32.1. The van der Waals surface area contributed by atoms with Gasteiger partial charge in [-0.15, -0.1) is 0 Å². The number of carbonyl (C=O) groups excluding carboxylic acids is 1. The Morgan fingerprint density at radius 3 is 2.65 bits per heavy atom. The van der Waals surface area contributed by atoms with Crippen LogP contribution < -0.4 is 24.5 Å². The number of hydrogen-bond donors (Lipinski definition) is 0. The Bertz CT molecular complexity index is 1560. The number of benzene rings is 2. The number of aryl methyl sites for hydroxylation is 1. The number of ether oxygens (including phenoxy) is 2. The first-order valence-corrected chi connectivity index (χ1v) is 13.4. The molecule has 2 aromatic carbocycles. The molecule has 1 atom stereocenters. The number of nitrogens with zero attached hydrogens (tertiary/aromatic N) is 3. The molecule has 0 amide bonds. The number of aromatic nitrogens is 1. The Morgan fingerprint density at radius 2 is 1.95 bits per heavy atom. The maximum Gasteiger partial charge on any atom is 0.338 e. The Morgan fingerprint density at radius 1 is 1.16 bits per heavy atom. The van der Waals surface area contributed by atoms with Gasteiger partial charge in [0.05, 0.1) is 35.6 Å². The minimum absolute atomic E-state index is 0.186. The number of allylic oxidation sites excluding steroid dienone is 1. The third-order valence-electron chi connectivity index (χ3n) is 6.94. The van der Waals surface area contributed by atoms with Gasteiger partial charge < -0.3 is 14.4 Å². The van der Waals surface area contributed by atoms with Gasteiger partial charge in [0.2, 0.25) is 0 Å². The molecule has 37 heavy (non-hydrogen) atoms. The molecule has 8 heteroatoms. The molecule has 0 bridgehead atoms. The molecule has 192 valence electrons. The summed E-state index contributed by atoms with van der Waals surface area (Å²) in [6.45, 7) is 8.04. The van der Waals surface area contributed by atoms with Crippen LogP contribution in [-0.4, -0.2) is 37.3 Å². The van der Waals surface area contributed by atoms with Gasteiger partial charge in [0.15, 0.2) is 4.80 Å². The molecular weight excluding hydrogens is 486 g/mol. The number of fused-ring (bicyclic) bond motifs is 1. The maximum atomic E-state index is 13.8. The smallest absolute Gasteiger partial charge is 0.338 e. The highest BCUT2D eigenvalue weighted by Crippen LogP contribution is 2.32. The lowest BCUT2D eigenvalue weighted by Crippen LogP contribution is -2.40. The van der Waals surface area contributed by atoms with Gasteiger partial charge in [-0.2, -0.15) is 0 Å². The second-order valence-electron chi connectivity index (χ2n) is 9.31. The van der Waals surface area contributed by atoms with Gasteiger partial charge >= 0.3 is 5.97 Å². The van der Waals surface area contributed by atoms with Crippen molar-refractivity contribution in [3.05, 3.63) is 90.1 Å². The lowest BCUT2D eigenvalue weighted by atomic mass is 9.95. The zero-order valence-corrected chi connectivity index (χ0v) is 22.4. The van der Waals surface area contributed by atoms with Crippen LogP contribution in [0.2, 0.25) is 0 Å². The molecule has 5 rings (SSSR count). The summed E-state index contributed by atoms with van der Waals surface area (Å²) in [5.41, 5.74) is 4.81. The third-order valence-corrected chi connectivity index (χ3v) is 7.92. The average molecular weight is 518 g/mol. The quantitative estimate of drug-likeness (QED) is 0.466. The predicted molar refractivity (Wildman–Crippen MR) is 146 cm³/mol. The van der Waals surface area contributed by atoms with E-state index >= 15 is 0 Å². The molecule has 0 radical (unpaired) electrons. The summed E-state index contributed by atoms with van der Waals surface area (Å²) >= 11 is 1.33. The highest BCUT2D eigenvalue weighted by molar-refractivity contribution is 7.07. The van der Waals surface area contributed by atoms with Crippen molar-refractivity contribution in [3.8, 4) is 5.75 Å². The summed E-state index contributed by atoms with van der Waals surface area (Å²) in [5.74, 6) is 0.172. The summed E-state index contributed by atoms with van der Waals surface area (Å²) < 4.78 is 13.0. The summed E-state index contributed by atoms with van der Waals surface area (Å²) in [7, 11) is 1.59. The van der Waals surface area contributed by atoms with Crippen LogP contribution in [0, 0.1) is 6.92 Å². The SMILES string of the molecule is CCOC(=O)C1=C(C)N=c2s/c(=C/c3ccc(N4CCCC4)cc3C)c(=O)n2[C@@H]1c1cccc(OC)c1. The molecule has 2 aliphatic heterocycles. The fourth-order valence-corrected chi connectivity index (χ4v) is 6.09. The van der Waals surface area contributed by atoms with Crippen LogP contribution in [-0.2, 0) is 9.53 Å². The Labute approximate surface area is 220 Å². The molecule has 3 heterocycles. The normalized spacial score (nSPS) is 17.6. The van der Waals surface area contributed by atoms with E-state index in [0.29, 0.717) is 26.4 Å². The lowest BCUT2D eigenvalue weighted by Gasteiger charge is -2.25. The molecular formula is C29H31N3O4S. The van der Waals surface area contributed by atoms with Crippen LogP contribution >= 0.6 is 11.3 Å². The number of thiazole rings is 1. The van der Waals surface area contributed by atoms with E-state index in [1.165, 1.54) is 29.9 Å². The van der Waals surface area contributed by atoms with E-state index in [1.807, 2.05) is 30.3 Å². The van der Waals surface area contributed by atoms with E-state index in [4.69, 9.17) is 9.47 Å². The second kappa shape index (κ2) is 10.4.